The van der Waals surface area contributed by atoms with Crippen LogP contribution in [0.2, 0.25) is 0 Å². The number of rotatable bonds is 4. The van der Waals surface area contributed by atoms with Gasteiger partial charge in [0.1, 0.15) is 0 Å². The van der Waals surface area contributed by atoms with E-state index in [0.717, 1.165) is 15.8 Å². The van der Waals surface area contributed by atoms with Gasteiger partial charge in [0.15, 0.2) is 0 Å². The number of halogens is 1. The first-order valence-electron chi connectivity index (χ1n) is 5.27. The second kappa shape index (κ2) is 5.71. The predicted molar refractivity (Wildman–Crippen MR) is 75.0 cm³/mol. The summed E-state index contributed by atoms with van der Waals surface area (Å²) in [7, 11) is 1.90. The molecule has 1 aromatic carbocycles. The van der Waals surface area contributed by atoms with Crippen molar-refractivity contribution >= 4 is 27.7 Å². The molecule has 1 atom stereocenters. The first-order valence-corrected chi connectivity index (χ1v) is 7.05. The van der Waals surface area contributed by atoms with Crippen LogP contribution in [0.5, 0.6) is 0 Å². The van der Waals surface area contributed by atoms with E-state index in [2.05, 4.69) is 33.2 Å². The van der Waals surface area contributed by atoms with Gasteiger partial charge in [-0.3, -0.25) is 4.68 Å². The zero-order valence-corrected chi connectivity index (χ0v) is 11.9. The Morgan fingerprint density at radius 1 is 1.53 bits per heavy atom. The zero-order valence-electron chi connectivity index (χ0n) is 9.51. The minimum Gasteiger partial charge on any atom is -0.323 e. The molecule has 0 spiro atoms. The Balaban J connectivity index is 1.94. The Bertz CT molecular complexity index is 498. The lowest BCUT2D eigenvalue weighted by atomic mass is 10.2. The summed E-state index contributed by atoms with van der Waals surface area (Å²) in [4.78, 5) is 1.22. The molecule has 2 N–H and O–H groups in total. The van der Waals surface area contributed by atoms with Crippen molar-refractivity contribution in [3.63, 3.8) is 0 Å². The molecule has 0 aliphatic heterocycles. The lowest BCUT2D eigenvalue weighted by Gasteiger charge is -2.08. The van der Waals surface area contributed by atoms with Gasteiger partial charge in [-0.15, -0.1) is 11.8 Å². The summed E-state index contributed by atoms with van der Waals surface area (Å²) in [5.74, 6) is 0.849. The Morgan fingerprint density at radius 2 is 2.35 bits per heavy atom. The van der Waals surface area contributed by atoms with Crippen LogP contribution in [0, 0.1) is 0 Å². The second-order valence-electron chi connectivity index (χ2n) is 3.82. The first-order chi connectivity index (χ1) is 8.15. The van der Waals surface area contributed by atoms with Crippen LogP contribution in [0.15, 0.2) is 46.0 Å². The molecule has 1 aromatic heterocycles. The van der Waals surface area contributed by atoms with Crippen molar-refractivity contribution in [2.75, 3.05) is 5.75 Å². The van der Waals surface area contributed by atoms with E-state index in [1.54, 1.807) is 16.4 Å². The third-order valence-corrected chi connectivity index (χ3v) is 3.98. The average molecular weight is 312 g/mol. The van der Waals surface area contributed by atoms with Crippen LogP contribution in [-0.2, 0) is 7.05 Å². The van der Waals surface area contributed by atoms with E-state index in [0.29, 0.717) is 0 Å². The molecule has 0 aliphatic carbocycles. The highest BCUT2D eigenvalue weighted by atomic mass is 79.9. The lowest BCUT2D eigenvalue weighted by molar-refractivity contribution is 0.763. The van der Waals surface area contributed by atoms with E-state index in [4.69, 9.17) is 5.73 Å². The molecule has 0 bridgehead atoms. The van der Waals surface area contributed by atoms with E-state index in [1.807, 2.05) is 31.6 Å². The summed E-state index contributed by atoms with van der Waals surface area (Å²) in [6.45, 7) is 0. The predicted octanol–water partition coefficient (Wildman–Crippen LogP) is 2.97. The maximum atomic E-state index is 6.11. The molecule has 3 nitrogen and oxygen atoms in total. The van der Waals surface area contributed by atoms with Gasteiger partial charge < -0.3 is 5.73 Å². The second-order valence-corrected chi connectivity index (χ2v) is 5.83. The molecular formula is C12H14BrN3S. The number of aryl methyl sites for hydroxylation is 1. The Kier molecular flexibility index (Phi) is 4.25. The lowest BCUT2D eigenvalue weighted by Crippen LogP contribution is -2.12. The standard InChI is InChI=1S/C12H14BrN3S/c1-16-7-9(6-15-16)12(14)8-17-11-4-2-3-10(13)5-11/h2-7,12H,8,14H2,1H3. The Morgan fingerprint density at radius 3 is 3.00 bits per heavy atom. The summed E-state index contributed by atoms with van der Waals surface area (Å²) >= 11 is 5.21. The minimum atomic E-state index is 0.0210. The fraction of sp³-hybridized carbons (Fsp3) is 0.250. The molecule has 0 radical (unpaired) electrons. The molecule has 2 rings (SSSR count). The summed E-state index contributed by atoms with van der Waals surface area (Å²) in [6.07, 6.45) is 3.79. The van der Waals surface area contributed by atoms with Crippen molar-refractivity contribution in [1.82, 2.24) is 9.78 Å². The zero-order chi connectivity index (χ0) is 12.3. The van der Waals surface area contributed by atoms with Gasteiger partial charge in [0, 0.05) is 40.0 Å². The van der Waals surface area contributed by atoms with Crippen molar-refractivity contribution in [2.45, 2.75) is 10.9 Å². The normalized spacial score (nSPS) is 12.6. The fourth-order valence-electron chi connectivity index (χ4n) is 1.47. The van der Waals surface area contributed by atoms with Crippen molar-refractivity contribution in [1.29, 1.82) is 0 Å². The van der Waals surface area contributed by atoms with Crippen LogP contribution in [0.3, 0.4) is 0 Å². The maximum Gasteiger partial charge on any atom is 0.0537 e. The number of hydrogen-bond acceptors (Lipinski definition) is 3. The smallest absolute Gasteiger partial charge is 0.0537 e. The monoisotopic (exact) mass is 311 g/mol. The van der Waals surface area contributed by atoms with E-state index in [1.165, 1.54) is 4.90 Å². The van der Waals surface area contributed by atoms with E-state index < -0.39 is 0 Å². The van der Waals surface area contributed by atoms with E-state index in [-0.39, 0.29) is 6.04 Å². The SMILES string of the molecule is Cn1cc(C(N)CSc2cccc(Br)c2)cn1. The number of nitrogens with zero attached hydrogens (tertiary/aromatic N) is 2. The van der Waals surface area contributed by atoms with Crippen LogP contribution in [-0.4, -0.2) is 15.5 Å². The van der Waals surface area contributed by atoms with Crippen molar-refractivity contribution in [3.8, 4) is 0 Å². The molecule has 1 unspecified atom stereocenters. The quantitative estimate of drug-likeness (QED) is 0.883. The third kappa shape index (κ3) is 3.59. The molecule has 0 aliphatic rings. The Labute approximate surface area is 114 Å². The number of benzene rings is 1. The molecule has 0 fully saturated rings. The van der Waals surface area contributed by atoms with Crippen LogP contribution >= 0.6 is 27.7 Å². The van der Waals surface area contributed by atoms with E-state index in [9.17, 15) is 0 Å². The van der Waals surface area contributed by atoms with Gasteiger partial charge in [0.25, 0.3) is 0 Å². The summed E-state index contributed by atoms with van der Waals surface area (Å²) < 4.78 is 2.87. The van der Waals surface area contributed by atoms with Gasteiger partial charge in [-0.05, 0) is 18.2 Å². The fourth-order valence-corrected chi connectivity index (χ4v) is 2.97. The molecule has 17 heavy (non-hydrogen) atoms. The van der Waals surface area contributed by atoms with Crippen LogP contribution in [0.4, 0.5) is 0 Å². The number of hydrogen-bond donors (Lipinski definition) is 1. The average Bonchev–Trinajstić information content (AvgIpc) is 2.73. The van der Waals surface area contributed by atoms with Gasteiger partial charge in [-0.25, -0.2) is 0 Å². The molecule has 0 saturated heterocycles. The topological polar surface area (TPSA) is 43.8 Å². The van der Waals surface area contributed by atoms with Crippen LogP contribution < -0.4 is 5.73 Å². The molecule has 5 heteroatoms. The van der Waals surface area contributed by atoms with Crippen LogP contribution in [0.1, 0.15) is 11.6 Å². The largest absolute Gasteiger partial charge is 0.323 e. The van der Waals surface area contributed by atoms with Gasteiger partial charge in [0.2, 0.25) is 0 Å². The van der Waals surface area contributed by atoms with Gasteiger partial charge in [-0.1, -0.05) is 22.0 Å². The summed E-state index contributed by atoms with van der Waals surface area (Å²) in [5.41, 5.74) is 7.19. The maximum absolute atomic E-state index is 6.11. The Hall–Kier alpha value is -0.780. The van der Waals surface area contributed by atoms with Crippen molar-refractivity contribution < 1.29 is 0 Å². The molecule has 0 saturated carbocycles. The summed E-state index contributed by atoms with van der Waals surface area (Å²) in [6, 6.07) is 8.26. The first kappa shape index (κ1) is 12.7. The van der Waals surface area contributed by atoms with Gasteiger partial charge in [-0.2, -0.15) is 5.10 Å². The van der Waals surface area contributed by atoms with Crippen molar-refractivity contribution in [2.24, 2.45) is 12.8 Å². The number of aromatic nitrogens is 2. The van der Waals surface area contributed by atoms with Gasteiger partial charge in [0.05, 0.1) is 6.20 Å². The molecular weight excluding hydrogens is 298 g/mol. The minimum absolute atomic E-state index is 0.0210. The van der Waals surface area contributed by atoms with Gasteiger partial charge >= 0.3 is 0 Å². The molecule has 0 amide bonds. The highest BCUT2D eigenvalue weighted by molar-refractivity contribution is 9.10. The van der Waals surface area contributed by atoms with Crippen molar-refractivity contribution in [3.05, 3.63) is 46.7 Å². The highest BCUT2D eigenvalue weighted by Crippen LogP contribution is 2.25. The molecule has 90 valence electrons. The number of nitrogens with two attached hydrogens (primary N) is 1. The highest BCUT2D eigenvalue weighted by Gasteiger charge is 2.08. The molecule has 1 heterocycles. The summed E-state index contributed by atoms with van der Waals surface area (Å²) in [5, 5.41) is 4.13. The van der Waals surface area contributed by atoms with E-state index >= 15 is 0 Å². The third-order valence-electron chi connectivity index (χ3n) is 2.38. The van der Waals surface area contributed by atoms with Crippen LogP contribution in [0.25, 0.3) is 0 Å². The molecule has 2 aromatic rings. The number of thioether (sulfide) groups is 1.